The number of likely N-dealkylation sites (N-methyl/N-ethyl adjacent to an activating group) is 1. The molecule has 1 fully saturated rings. The van der Waals surface area contributed by atoms with Crippen LogP contribution >= 0.6 is 12.4 Å². The molecule has 0 aliphatic carbocycles. The standard InChI is InChI=1S/C11H22N2O2.ClH/c1-4-15-11(14)9(2)13-7-5-6-10(8-13)12-3;/h9-10,12H,4-8H2,1-3H3;1H. The smallest absolute Gasteiger partial charge is 0.323 e. The molecule has 0 amide bonds. The van der Waals surface area contributed by atoms with E-state index >= 15 is 0 Å². The molecule has 0 saturated carbocycles. The minimum atomic E-state index is -0.110. The summed E-state index contributed by atoms with van der Waals surface area (Å²) >= 11 is 0. The molecule has 4 nitrogen and oxygen atoms in total. The van der Waals surface area contributed by atoms with Crippen LogP contribution < -0.4 is 5.32 Å². The van der Waals surface area contributed by atoms with E-state index in [-0.39, 0.29) is 24.4 Å². The maximum absolute atomic E-state index is 11.6. The van der Waals surface area contributed by atoms with Gasteiger partial charge in [0.1, 0.15) is 6.04 Å². The van der Waals surface area contributed by atoms with Gasteiger partial charge >= 0.3 is 5.97 Å². The Kier molecular flexibility index (Phi) is 7.72. The lowest BCUT2D eigenvalue weighted by atomic mass is 10.0. The molecule has 0 aromatic carbocycles. The van der Waals surface area contributed by atoms with E-state index in [1.54, 1.807) is 0 Å². The fourth-order valence-electron chi connectivity index (χ4n) is 2.01. The molecule has 0 radical (unpaired) electrons. The molecule has 1 N–H and O–H groups in total. The van der Waals surface area contributed by atoms with Crippen molar-refractivity contribution < 1.29 is 9.53 Å². The lowest BCUT2D eigenvalue weighted by Crippen LogP contribution is -2.50. The van der Waals surface area contributed by atoms with E-state index < -0.39 is 0 Å². The number of piperidine rings is 1. The second-order valence-electron chi connectivity index (χ2n) is 4.05. The van der Waals surface area contributed by atoms with Gasteiger partial charge in [-0.25, -0.2) is 0 Å². The van der Waals surface area contributed by atoms with Gasteiger partial charge < -0.3 is 10.1 Å². The third kappa shape index (κ3) is 4.28. The van der Waals surface area contributed by atoms with Crippen molar-refractivity contribution in [1.82, 2.24) is 10.2 Å². The summed E-state index contributed by atoms with van der Waals surface area (Å²) in [6, 6.07) is 0.400. The predicted octanol–water partition coefficient (Wildman–Crippen LogP) is 1.04. The maximum Gasteiger partial charge on any atom is 0.323 e. The largest absolute Gasteiger partial charge is 0.465 e. The van der Waals surface area contributed by atoms with Crippen LogP contribution in [-0.2, 0) is 9.53 Å². The van der Waals surface area contributed by atoms with E-state index in [1.165, 1.54) is 6.42 Å². The van der Waals surface area contributed by atoms with Crippen molar-refractivity contribution in [3.63, 3.8) is 0 Å². The molecular formula is C11H23ClN2O2. The zero-order chi connectivity index (χ0) is 11.3. The van der Waals surface area contributed by atoms with Gasteiger partial charge in [0.05, 0.1) is 6.61 Å². The van der Waals surface area contributed by atoms with Crippen LogP contribution in [0.5, 0.6) is 0 Å². The molecule has 16 heavy (non-hydrogen) atoms. The quantitative estimate of drug-likeness (QED) is 0.758. The van der Waals surface area contributed by atoms with Gasteiger partial charge in [-0.1, -0.05) is 0 Å². The van der Waals surface area contributed by atoms with E-state index in [0.717, 1.165) is 19.5 Å². The van der Waals surface area contributed by atoms with Crippen molar-refractivity contribution >= 4 is 18.4 Å². The summed E-state index contributed by atoms with van der Waals surface area (Å²) in [5.74, 6) is -0.103. The Bertz CT molecular complexity index is 214. The van der Waals surface area contributed by atoms with Gasteiger partial charge in [-0.2, -0.15) is 0 Å². The Hall–Kier alpha value is -0.320. The van der Waals surface area contributed by atoms with Crippen LogP contribution in [0.25, 0.3) is 0 Å². The molecule has 1 aliphatic rings. The van der Waals surface area contributed by atoms with E-state index in [9.17, 15) is 4.79 Å². The van der Waals surface area contributed by atoms with Gasteiger partial charge in [-0.15, -0.1) is 12.4 Å². The summed E-state index contributed by atoms with van der Waals surface area (Å²) in [7, 11) is 1.98. The molecule has 1 saturated heterocycles. The summed E-state index contributed by atoms with van der Waals surface area (Å²) < 4.78 is 5.02. The Morgan fingerprint density at radius 3 is 2.88 bits per heavy atom. The minimum Gasteiger partial charge on any atom is -0.465 e. The molecule has 0 spiro atoms. The van der Waals surface area contributed by atoms with Crippen molar-refractivity contribution in [2.24, 2.45) is 0 Å². The summed E-state index contributed by atoms with van der Waals surface area (Å²) in [5.41, 5.74) is 0. The number of nitrogens with one attached hydrogen (secondary N) is 1. The highest BCUT2D eigenvalue weighted by Gasteiger charge is 2.27. The average Bonchev–Trinajstić information content (AvgIpc) is 2.28. The average molecular weight is 251 g/mol. The number of halogens is 1. The number of nitrogens with zero attached hydrogens (tertiary/aromatic N) is 1. The normalized spacial score (nSPS) is 23.3. The monoisotopic (exact) mass is 250 g/mol. The van der Waals surface area contributed by atoms with Crippen molar-refractivity contribution in [3.8, 4) is 0 Å². The van der Waals surface area contributed by atoms with E-state index in [0.29, 0.717) is 12.6 Å². The molecule has 1 rings (SSSR count). The molecule has 0 bridgehead atoms. The first-order chi connectivity index (χ1) is 7.19. The van der Waals surface area contributed by atoms with Crippen LogP contribution in [0.3, 0.4) is 0 Å². The first-order valence-corrected chi connectivity index (χ1v) is 5.77. The summed E-state index contributed by atoms with van der Waals surface area (Å²) in [6.45, 7) is 6.17. The Morgan fingerprint density at radius 1 is 1.62 bits per heavy atom. The number of hydrogen-bond acceptors (Lipinski definition) is 4. The van der Waals surface area contributed by atoms with Gasteiger partial charge in [-0.05, 0) is 40.3 Å². The van der Waals surface area contributed by atoms with Gasteiger partial charge in [0.2, 0.25) is 0 Å². The fraction of sp³-hybridized carbons (Fsp3) is 0.909. The molecule has 0 aromatic rings. The molecular weight excluding hydrogens is 228 g/mol. The van der Waals surface area contributed by atoms with Crippen molar-refractivity contribution in [2.75, 3.05) is 26.7 Å². The van der Waals surface area contributed by atoms with E-state index in [1.807, 2.05) is 20.9 Å². The minimum absolute atomic E-state index is 0. The third-order valence-corrected chi connectivity index (χ3v) is 3.04. The van der Waals surface area contributed by atoms with Crippen LogP contribution in [0.1, 0.15) is 26.7 Å². The van der Waals surface area contributed by atoms with E-state index in [4.69, 9.17) is 4.74 Å². The highest BCUT2D eigenvalue weighted by atomic mass is 35.5. The first kappa shape index (κ1) is 15.7. The summed E-state index contributed by atoms with van der Waals surface area (Å²) in [5, 5.41) is 3.27. The topological polar surface area (TPSA) is 41.6 Å². The van der Waals surface area contributed by atoms with Gasteiger partial charge in [-0.3, -0.25) is 9.69 Å². The number of rotatable bonds is 4. The second-order valence-corrected chi connectivity index (χ2v) is 4.05. The Morgan fingerprint density at radius 2 is 2.31 bits per heavy atom. The van der Waals surface area contributed by atoms with Crippen LogP contribution in [0.4, 0.5) is 0 Å². The first-order valence-electron chi connectivity index (χ1n) is 5.77. The maximum atomic E-state index is 11.6. The number of carbonyl (C=O) groups excluding carboxylic acids is 1. The van der Waals surface area contributed by atoms with Crippen LogP contribution in [0, 0.1) is 0 Å². The summed E-state index contributed by atoms with van der Waals surface area (Å²) in [4.78, 5) is 13.8. The van der Waals surface area contributed by atoms with Crippen LogP contribution in [0.15, 0.2) is 0 Å². The fourth-order valence-corrected chi connectivity index (χ4v) is 2.01. The molecule has 5 heteroatoms. The SMILES string of the molecule is CCOC(=O)C(C)N1CCCC(NC)C1.Cl. The molecule has 2 atom stereocenters. The molecule has 96 valence electrons. The molecule has 1 heterocycles. The molecule has 2 unspecified atom stereocenters. The molecule has 1 aliphatic heterocycles. The van der Waals surface area contributed by atoms with Gasteiger partial charge in [0.25, 0.3) is 0 Å². The second kappa shape index (κ2) is 7.87. The third-order valence-electron chi connectivity index (χ3n) is 3.04. The highest BCUT2D eigenvalue weighted by Crippen LogP contribution is 2.13. The lowest BCUT2D eigenvalue weighted by Gasteiger charge is -2.35. The Labute approximate surface area is 104 Å². The number of carbonyl (C=O) groups is 1. The highest BCUT2D eigenvalue weighted by molar-refractivity contribution is 5.85. The number of hydrogen-bond donors (Lipinski definition) is 1. The van der Waals surface area contributed by atoms with Crippen LogP contribution in [-0.4, -0.2) is 49.7 Å². The number of esters is 1. The number of ether oxygens (including phenoxy) is 1. The van der Waals surface area contributed by atoms with Crippen molar-refractivity contribution in [2.45, 2.75) is 38.8 Å². The van der Waals surface area contributed by atoms with Gasteiger partial charge in [0, 0.05) is 12.6 Å². The molecule has 0 aromatic heterocycles. The van der Waals surface area contributed by atoms with E-state index in [2.05, 4.69) is 10.2 Å². The van der Waals surface area contributed by atoms with Crippen molar-refractivity contribution in [1.29, 1.82) is 0 Å². The Balaban J connectivity index is 0.00000225. The lowest BCUT2D eigenvalue weighted by molar-refractivity contribution is -0.149. The summed E-state index contributed by atoms with van der Waals surface area (Å²) in [6.07, 6.45) is 2.35. The van der Waals surface area contributed by atoms with Crippen LogP contribution in [0.2, 0.25) is 0 Å². The zero-order valence-corrected chi connectivity index (χ0v) is 11.2. The number of likely N-dealkylation sites (tertiary alicyclic amines) is 1. The predicted molar refractivity (Wildman–Crippen MR) is 67.0 cm³/mol. The van der Waals surface area contributed by atoms with Crippen molar-refractivity contribution in [3.05, 3.63) is 0 Å². The van der Waals surface area contributed by atoms with Gasteiger partial charge in [0.15, 0.2) is 0 Å². The zero-order valence-electron chi connectivity index (χ0n) is 10.4.